The highest BCUT2D eigenvalue weighted by Crippen LogP contribution is 1.90. The maximum absolute atomic E-state index is 11.0. The molecule has 0 saturated heterocycles. The number of carbonyl (C=O) groups is 2. The molecule has 0 aliphatic heterocycles. The number of likely N-dealkylation sites (N-methyl/N-ethyl adjacent to an activating group) is 2. The number of carboxylic acid groups (broad SMARTS) is 1. The molecule has 0 aromatic carbocycles. The lowest BCUT2D eigenvalue weighted by Crippen LogP contribution is -2.45. The predicted molar refractivity (Wildman–Crippen MR) is 51.8 cm³/mol. The molecule has 0 aliphatic carbocycles. The fourth-order valence-electron chi connectivity index (χ4n) is 0.944. The van der Waals surface area contributed by atoms with Crippen LogP contribution in [0.3, 0.4) is 0 Å². The maximum Gasteiger partial charge on any atom is 0.321 e. The summed E-state index contributed by atoms with van der Waals surface area (Å²) in [5, 5.41) is 11.0. The zero-order chi connectivity index (χ0) is 11.1. The van der Waals surface area contributed by atoms with Crippen LogP contribution in [0.5, 0.6) is 0 Å². The number of nitrogens with two attached hydrogens (primary N) is 1. The number of carboxylic acids is 1. The Hall–Kier alpha value is -1.14. The summed E-state index contributed by atoms with van der Waals surface area (Å²) in [6, 6.07) is -0.945. The highest BCUT2D eigenvalue weighted by Gasteiger charge is 2.16. The van der Waals surface area contributed by atoms with Crippen LogP contribution in [0.15, 0.2) is 0 Å². The minimum Gasteiger partial charge on any atom is -0.480 e. The lowest BCUT2D eigenvalue weighted by molar-refractivity contribution is -0.139. The Bertz CT molecular complexity index is 208. The van der Waals surface area contributed by atoms with Crippen molar-refractivity contribution in [2.45, 2.75) is 13.0 Å². The summed E-state index contributed by atoms with van der Waals surface area (Å²) in [6.45, 7) is 2.79. The van der Waals surface area contributed by atoms with Gasteiger partial charge in [0.2, 0.25) is 5.91 Å². The Balaban J connectivity index is 4.02. The van der Waals surface area contributed by atoms with Crippen molar-refractivity contribution in [2.24, 2.45) is 5.73 Å². The third-order valence-corrected chi connectivity index (χ3v) is 1.87. The van der Waals surface area contributed by atoms with Crippen molar-refractivity contribution in [2.75, 3.05) is 26.7 Å². The second kappa shape index (κ2) is 6.33. The molecule has 0 heterocycles. The number of rotatable bonds is 6. The molecule has 0 spiro atoms. The molecule has 0 saturated carbocycles. The first kappa shape index (κ1) is 12.9. The molecule has 1 amide bonds. The topological polar surface area (TPSA) is 95.7 Å². The minimum absolute atomic E-state index is 0.149. The van der Waals surface area contributed by atoms with Gasteiger partial charge in [0, 0.05) is 13.6 Å². The molecule has 0 bridgehead atoms. The van der Waals surface area contributed by atoms with Crippen molar-refractivity contribution in [3.8, 4) is 0 Å². The molecule has 0 aromatic heterocycles. The normalized spacial score (nSPS) is 12.6. The van der Waals surface area contributed by atoms with E-state index in [1.807, 2.05) is 6.92 Å². The summed E-state index contributed by atoms with van der Waals surface area (Å²) in [5.41, 5.74) is 5.34. The van der Waals surface area contributed by atoms with E-state index in [0.717, 1.165) is 0 Å². The van der Waals surface area contributed by atoms with E-state index >= 15 is 0 Å². The number of hydrogen-bond donors (Lipinski definition) is 3. The summed E-state index contributed by atoms with van der Waals surface area (Å²) in [6.07, 6.45) is 0. The third-order valence-electron chi connectivity index (χ3n) is 1.87. The van der Waals surface area contributed by atoms with Crippen LogP contribution in [0.1, 0.15) is 6.92 Å². The Kier molecular flexibility index (Phi) is 5.82. The molecule has 0 aliphatic rings. The van der Waals surface area contributed by atoms with Crippen molar-refractivity contribution in [3.63, 3.8) is 0 Å². The molecule has 0 rings (SSSR count). The average Bonchev–Trinajstić information content (AvgIpc) is 2.16. The standard InChI is InChI=1S/C8H17N3O3/c1-3-11(5-7(12)10-2)4-6(9)8(13)14/h6H,3-5,9H2,1-2H3,(H,10,12)(H,13,14). The van der Waals surface area contributed by atoms with Gasteiger partial charge in [-0.05, 0) is 6.54 Å². The fraction of sp³-hybridized carbons (Fsp3) is 0.750. The highest BCUT2D eigenvalue weighted by molar-refractivity contribution is 5.78. The van der Waals surface area contributed by atoms with Gasteiger partial charge in [-0.3, -0.25) is 14.5 Å². The van der Waals surface area contributed by atoms with Crippen LogP contribution in [-0.4, -0.2) is 54.6 Å². The summed E-state index contributed by atoms with van der Waals surface area (Å²) >= 11 is 0. The van der Waals surface area contributed by atoms with Crippen LogP contribution in [0.4, 0.5) is 0 Å². The number of hydrogen-bond acceptors (Lipinski definition) is 4. The van der Waals surface area contributed by atoms with E-state index in [-0.39, 0.29) is 19.0 Å². The van der Waals surface area contributed by atoms with E-state index in [0.29, 0.717) is 6.54 Å². The lowest BCUT2D eigenvalue weighted by Gasteiger charge is -2.21. The van der Waals surface area contributed by atoms with Crippen molar-refractivity contribution in [1.29, 1.82) is 0 Å². The monoisotopic (exact) mass is 203 g/mol. The van der Waals surface area contributed by atoms with E-state index in [9.17, 15) is 9.59 Å². The highest BCUT2D eigenvalue weighted by atomic mass is 16.4. The second-order valence-corrected chi connectivity index (χ2v) is 2.95. The molecular formula is C8H17N3O3. The van der Waals surface area contributed by atoms with Crippen LogP contribution in [0.25, 0.3) is 0 Å². The molecule has 82 valence electrons. The van der Waals surface area contributed by atoms with E-state index in [2.05, 4.69) is 5.32 Å². The van der Waals surface area contributed by atoms with Crippen LogP contribution in [-0.2, 0) is 9.59 Å². The Morgan fingerprint density at radius 1 is 1.57 bits per heavy atom. The van der Waals surface area contributed by atoms with Crippen molar-refractivity contribution >= 4 is 11.9 Å². The minimum atomic E-state index is -1.06. The van der Waals surface area contributed by atoms with Gasteiger partial charge >= 0.3 is 5.97 Å². The summed E-state index contributed by atoms with van der Waals surface area (Å²) in [7, 11) is 1.54. The first-order valence-electron chi connectivity index (χ1n) is 4.42. The molecule has 4 N–H and O–H groups in total. The van der Waals surface area contributed by atoms with Crippen molar-refractivity contribution in [1.82, 2.24) is 10.2 Å². The molecular weight excluding hydrogens is 186 g/mol. The van der Waals surface area contributed by atoms with Gasteiger partial charge < -0.3 is 16.2 Å². The number of amides is 1. The Labute approximate surface area is 83.1 Å². The molecule has 1 unspecified atom stereocenters. The van der Waals surface area contributed by atoms with Crippen LogP contribution >= 0.6 is 0 Å². The van der Waals surface area contributed by atoms with Gasteiger partial charge in [0.1, 0.15) is 6.04 Å². The van der Waals surface area contributed by atoms with Crippen LogP contribution in [0.2, 0.25) is 0 Å². The van der Waals surface area contributed by atoms with Crippen molar-refractivity contribution in [3.05, 3.63) is 0 Å². The first-order valence-corrected chi connectivity index (χ1v) is 4.42. The predicted octanol–water partition coefficient (Wildman–Crippen LogP) is -1.53. The molecule has 0 fully saturated rings. The number of carbonyl (C=O) groups excluding carboxylic acids is 1. The van der Waals surface area contributed by atoms with Gasteiger partial charge in [-0.2, -0.15) is 0 Å². The van der Waals surface area contributed by atoms with E-state index in [4.69, 9.17) is 10.8 Å². The number of nitrogens with zero attached hydrogens (tertiary/aromatic N) is 1. The fourth-order valence-corrected chi connectivity index (χ4v) is 0.944. The SMILES string of the molecule is CCN(CC(=O)NC)CC(N)C(=O)O. The van der Waals surface area contributed by atoms with Gasteiger partial charge in [-0.25, -0.2) is 0 Å². The van der Waals surface area contributed by atoms with E-state index in [1.54, 1.807) is 4.90 Å². The maximum atomic E-state index is 11.0. The third kappa shape index (κ3) is 4.78. The van der Waals surface area contributed by atoms with E-state index in [1.165, 1.54) is 7.05 Å². The zero-order valence-electron chi connectivity index (χ0n) is 8.49. The molecule has 1 atom stereocenters. The summed E-state index contributed by atoms with van der Waals surface area (Å²) < 4.78 is 0. The molecule has 0 radical (unpaired) electrons. The zero-order valence-corrected chi connectivity index (χ0v) is 8.49. The summed E-state index contributed by atoms with van der Waals surface area (Å²) in [5.74, 6) is -1.20. The second-order valence-electron chi connectivity index (χ2n) is 2.95. The van der Waals surface area contributed by atoms with Gasteiger partial charge in [0.15, 0.2) is 0 Å². The van der Waals surface area contributed by atoms with Gasteiger partial charge in [-0.1, -0.05) is 6.92 Å². The summed E-state index contributed by atoms with van der Waals surface area (Å²) in [4.78, 5) is 23.1. The first-order chi connectivity index (χ1) is 6.51. The largest absolute Gasteiger partial charge is 0.480 e. The van der Waals surface area contributed by atoms with Gasteiger partial charge in [0.25, 0.3) is 0 Å². The molecule has 6 nitrogen and oxygen atoms in total. The van der Waals surface area contributed by atoms with Gasteiger partial charge in [0.05, 0.1) is 6.54 Å². The lowest BCUT2D eigenvalue weighted by atomic mass is 10.3. The molecule has 0 aromatic rings. The quantitative estimate of drug-likeness (QED) is 0.486. The number of aliphatic carboxylic acids is 1. The molecule has 6 heteroatoms. The average molecular weight is 203 g/mol. The van der Waals surface area contributed by atoms with Crippen molar-refractivity contribution < 1.29 is 14.7 Å². The number of nitrogens with one attached hydrogen (secondary N) is 1. The Morgan fingerprint density at radius 3 is 2.50 bits per heavy atom. The van der Waals surface area contributed by atoms with E-state index < -0.39 is 12.0 Å². The Morgan fingerprint density at radius 2 is 2.14 bits per heavy atom. The molecule has 14 heavy (non-hydrogen) atoms. The smallest absolute Gasteiger partial charge is 0.321 e. The van der Waals surface area contributed by atoms with Crippen LogP contribution < -0.4 is 11.1 Å². The van der Waals surface area contributed by atoms with Crippen LogP contribution in [0, 0.1) is 0 Å². The van der Waals surface area contributed by atoms with Gasteiger partial charge in [-0.15, -0.1) is 0 Å².